The maximum atomic E-state index is 11.6. The predicted molar refractivity (Wildman–Crippen MR) is 59.1 cm³/mol. The van der Waals surface area contributed by atoms with Crippen molar-refractivity contribution < 1.29 is 9.59 Å². The van der Waals surface area contributed by atoms with Gasteiger partial charge in [-0.1, -0.05) is 19.1 Å². The zero-order chi connectivity index (χ0) is 12.1. The SMILES string of the molecule is CCc1cccc(C(=O)NN)c1C(=O)NN. The summed E-state index contributed by atoms with van der Waals surface area (Å²) in [6.45, 7) is 1.88. The smallest absolute Gasteiger partial charge is 0.266 e. The Hall–Kier alpha value is -1.92. The Bertz CT molecular complexity index is 417. The van der Waals surface area contributed by atoms with E-state index in [1.807, 2.05) is 17.8 Å². The number of aryl methyl sites for hydroxylation is 1. The summed E-state index contributed by atoms with van der Waals surface area (Å²) in [7, 11) is 0. The van der Waals surface area contributed by atoms with E-state index in [0.717, 1.165) is 5.56 Å². The van der Waals surface area contributed by atoms with Gasteiger partial charge in [0.1, 0.15) is 0 Å². The summed E-state index contributed by atoms with van der Waals surface area (Å²) in [5.74, 6) is 9.10. The second-order valence-electron chi connectivity index (χ2n) is 3.14. The van der Waals surface area contributed by atoms with Crippen molar-refractivity contribution in [2.45, 2.75) is 13.3 Å². The molecule has 6 heteroatoms. The Morgan fingerprint density at radius 1 is 1.19 bits per heavy atom. The highest BCUT2D eigenvalue weighted by molar-refractivity contribution is 6.07. The first-order valence-electron chi connectivity index (χ1n) is 4.79. The maximum absolute atomic E-state index is 11.6. The monoisotopic (exact) mass is 222 g/mol. The average molecular weight is 222 g/mol. The van der Waals surface area contributed by atoms with Gasteiger partial charge in [-0.15, -0.1) is 0 Å². The van der Waals surface area contributed by atoms with Gasteiger partial charge in [-0.3, -0.25) is 20.4 Å². The Morgan fingerprint density at radius 2 is 1.81 bits per heavy atom. The summed E-state index contributed by atoms with van der Waals surface area (Å²) in [6, 6.07) is 4.97. The van der Waals surface area contributed by atoms with Crippen molar-refractivity contribution in [1.29, 1.82) is 0 Å². The van der Waals surface area contributed by atoms with Gasteiger partial charge in [0.05, 0.1) is 11.1 Å². The van der Waals surface area contributed by atoms with Crippen LogP contribution in [0.1, 0.15) is 33.2 Å². The number of carbonyl (C=O) groups is 2. The number of rotatable bonds is 3. The minimum atomic E-state index is -0.520. The molecule has 86 valence electrons. The molecule has 6 nitrogen and oxygen atoms in total. The maximum Gasteiger partial charge on any atom is 0.266 e. The van der Waals surface area contributed by atoms with Gasteiger partial charge in [0.2, 0.25) is 0 Å². The summed E-state index contributed by atoms with van der Waals surface area (Å²) in [5, 5.41) is 0. The van der Waals surface area contributed by atoms with Crippen molar-refractivity contribution in [2.24, 2.45) is 11.7 Å². The lowest BCUT2D eigenvalue weighted by Gasteiger charge is -2.11. The van der Waals surface area contributed by atoms with Crippen LogP contribution in [0.4, 0.5) is 0 Å². The van der Waals surface area contributed by atoms with Gasteiger partial charge in [-0.2, -0.15) is 0 Å². The van der Waals surface area contributed by atoms with E-state index >= 15 is 0 Å². The lowest BCUT2D eigenvalue weighted by molar-refractivity contribution is 0.0919. The first-order valence-corrected chi connectivity index (χ1v) is 4.79. The Balaban J connectivity index is 3.37. The molecular formula is C10H14N4O2. The van der Waals surface area contributed by atoms with Crippen molar-refractivity contribution in [3.05, 3.63) is 34.9 Å². The summed E-state index contributed by atoms with van der Waals surface area (Å²) in [4.78, 5) is 23.0. The fourth-order valence-corrected chi connectivity index (χ4v) is 1.50. The molecule has 2 amide bonds. The third kappa shape index (κ3) is 2.18. The number of hydrogen-bond donors (Lipinski definition) is 4. The molecule has 0 atom stereocenters. The third-order valence-electron chi connectivity index (χ3n) is 2.27. The van der Waals surface area contributed by atoms with Crippen LogP contribution in [0.15, 0.2) is 18.2 Å². The highest BCUT2D eigenvalue weighted by atomic mass is 16.2. The number of nitrogens with one attached hydrogen (secondary N) is 2. The highest BCUT2D eigenvalue weighted by Gasteiger charge is 2.18. The number of nitrogens with two attached hydrogens (primary N) is 2. The van der Waals surface area contributed by atoms with Crippen LogP contribution >= 0.6 is 0 Å². The van der Waals surface area contributed by atoms with Gasteiger partial charge >= 0.3 is 0 Å². The molecule has 0 aliphatic rings. The molecule has 0 saturated heterocycles. The number of hydrogen-bond acceptors (Lipinski definition) is 4. The van der Waals surface area contributed by atoms with E-state index in [4.69, 9.17) is 11.7 Å². The molecular weight excluding hydrogens is 208 g/mol. The van der Waals surface area contributed by atoms with Crippen LogP contribution < -0.4 is 22.5 Å². The van der Waals surface area contributed by atoms with Crippen LogP contribution in [0.25, 0.3) is 0 Å². The quantitative estimate of drug-likeness (QED) is 0.312. The summed E-state index contributed by atoms with van der Waals surface area (Å²) in [5.41, 5.74) is 5.22. The van der Waals surface area contributed by atoms with Gasteiger partial charge in [0.15, 0.2) is 0 Å². The minimum Gasteiger partial charge on any atom is -0.290 e. The third-order valence-corrected chi connectivity index (χ3v) is 2.27. The molecule has 0 fully saturated rings. The van der Waals surface area contributed by atoms with Crippen molar-refractivity contribution in [3.63, 3.8) is 0 Å². The zero-order valence-corrected chi connectivity index (χ0v) is 8.91. The summed E-state index contributed by atoms with van der Waals surface area (Å²) < 4.78 is 0. The molecule has 0 spiro atoms. The average Bonchev–Trinajstić information content (AvgIpc) is 2.35. The van der Waals surface area contributed by atoms with Crippen molar-refractivity contribution in [3.8, 4) is 0 Å². The zero-order valence-electron chi connectivity index (χ0n) is 8.91. The Morgan fingerprint density at radius 3 is 2.31 bits per heavy atom. The molecule has 16 heavy (non-hydrogen) atoms. The van der Waals surface area contributed by atoms with Crippen LogP contribution in [0.2, 0.25) is 0 Å². The Labute approximate surface area is 92.9 Å². The molecule has 0 radical (unpaired) electrons. The number of hydrazine groups is 2. The molecule has 1 aromatic rings. The topological polar surface area (TPSA) is 110 Å². The van der Waals surface area contributed by atoms with Gasteiger partial charge in [-0.25, -0.2) is 11.7 Å². The van der Waals surface area contributed by atoms with Crippen LogP contribution in [0.5, 0.6) is 0 Å². The van der Waals surface area contributed by atoms with E-state index in [2.05, 4.69) is 0 Å². The van der Waals surface area contributed by atoms with Crippen LogP contribution in [-0.4, -0.2) is 11.8 Å². The van der Waals surface area contributed by atoms with Gasteiger partial charge in [0.25, 0.3) is 11.8 Å². The van der Waals surface area contributed by atoms with E-state index in [9.17, 15) is 9.59 Å². The van der Waals surface area contributed by atoms with E-state index in [0.29, 0.717) is 6.42 Å². The molecule has 0 aliphatic heterocycles. The first-order chi connectivity index (χ1) is 7.65. The molecule has 0 saturated carbocycles. The summed E-state index contributed by atoms with van der Waals surface area (Å²) >= 11 is 0. The van der Waals surface area contributed by atoms with Crippen LogP contribution in [-0.2, 0) is 6.42 Å². The lowest BCUT2D eigenvalue weighted by atomic mass is 9.98. The predicted octanol–water partition coefficient (Wildman–Crippen LogP) is -0.544. The Kier molecular flexibility index (Phi) is 3.98. The number of benzene rings is 1. The van der Waals surface area contributed by atoms with Crippen LogP contribution in [0.3, 0.4) is 0 Å². The second-order valence-corrected chi connectivity index (χ2v) is 3.14. The fraction of sp³-hybridized carbons (Fsp3) is 0.200. The molecule has 6 N–H and O–H groups in total. The number of nitrogen functional groups attached to an aromatic ring is 2. The highest BCUT2D eigenvalue weighted by Crippen LogP contribution is 2.15. The minimum absolute atomic E-state index is 0.213. The van der Waals surface area contributed by atoms with Crippen molar-refractivity contribution in [1.82, 2.24) is 10.9 Å². The summed E-state index contributed by atoms with van der Waals surface area (Å²) in [6.07, 6.45) is 0.619. The molecule has 0 aromatic heterocycles. The van der Waals surface area contributed by atoms with Gasteiger partial charge < -0.3 is 0 Å². The van der Waals surface area contributed by atoms with E-state index in [1.165, 1.54) is 6.07 Å². The van der Waals surface area contributed by atoms with E-state index in [-0.39, 0.29) is 11.1 Å². The van der Waals surface area contributed by atoms with Crippen molar-refractivity contribution >= 4 is 11.8 Å². The molecule has 0 bridgehead atoms. The normalized spacial score (nSPS) is 9.69. The second kappa shape index (κ2) is 5.24. The van der Waals surface area contributed by atoms with E-state index < -0.39 is 11.8 Å². The standard InChI is InChI=1S/C10H14N4O2/c1-2-6-4-3-5-7(9(15)13-11)8(6)10(16)14-12/h3-5H,2,11-12H2,1H3,(H,13,15)(H,14,16). The molecule has 0 heterocycles. The van der Waals surface area contributed by atoms with Crippen LogP contribution in [0, 0.1) is 0 Å². The van der Waals surface area contributed by atoms with Gasteiger partial charge in [0, 0.05) is 0 Å². The fourth-order valence-electron chi connectivity index (χ4n) is 1.50. The molecule has 1 aromatic carbocycles. The lowest BCUT2D eigenvalue weighted by Crippen LogP contribution is -2.36. The first kappa shape index (κ1) is 12.2. The molecule has 1 rings (SSSR count). The largest absolute Gasteiger partial charge is 0.290 e. The van der Waals surface area contributed by atoms with Gasteiger partial charge in [-0.05, 0) is 18.1 Å². The molecule has 0 aliphatic carbocycles. The number of amides is 2. The number of carbonyl (C=O) groups excluding carboxylic acids is 2. The van der Waals surface area contributed by atoms with E-state index in [1.54, 1.807) is 12.1 Å². The van der Waals surface area contributed by atoms with Crippen molar-refractivity contribution in [2.75, 3.05) is 0 Å². The molecule has 0 unspecified atom stereocenters.